The molecule has 1 aromatic carbocycles. The van der Waals surface area contributed by atoms with E-state index in [0.29, 0.717) is 21.2 Å². The molecule has 0 spiro atoms. The van der Waals surface area contributed by atoms with Gasteiger partial charge in [-0.15, -0.1) is 12.4 Å². The van der Waals surface area contributed by atoms with Gasteiger partial charge in [0.15, 0.2) is 0 Å². The summed E-state index contributed by atoms with van der Waals surface area (Å²) in [6, 6.07) is 10.2. The normalized spacial score (nSPS) is 10.5. The number of hydrogen-bond donors (Lipinski definition) is 2. The van der Waals surface area contributed by atoms with Crippen molar-refractivity contribution in [1.29, 1.82) is 0 Å². The number of pyridine rings is 2. The van der Waals surface area contributed by atoms with Gasteiger partial charge in [-0.2, -0.15) is 4.39 Å². The third-order valence-electron chi connectivity index (χ3n) is 3.67. The molecule has 0 atom stereocenters. The summed E-state index contributed by atoms with van der Waals surface area (Å²) >= 11 is 7.73. The molecule has 2 heterocycles. The highest BCUT2D eigenvalue weighted by atomic mass is 35.5. The van der Waals surface area contributed by atoms with Crippen molar-refractivity contribution < 1.29 is 9.50 Å². The minimum atomic E-state index is -0.558. The maximum Gasteiger partial charge on any atom is 0.213 e. The van der Waals surface area contributed by atoms with Crippen LogP contribution in [0.2, 0.25) is 5.02 Å². The molecular formula is C18H16Cl2FN3OS. The number of nitrogens with zero attached hydrogens (tertiary/aromatic N) is 2. The number of hydrogen-bond acceptors (Lipinski definition) is 5. The van der Waals surface area contributed by atoms with Crippen molar-refractivity contribution >= 4 is 35.8 Å². The molecule has 3 aromatic rings. The molecule has 0 radical (unpaired) electrons. The van der Waals surface area contributed by atoms with Gasteiger partial charge in [0.05, 0.1) is 11.6 Å². The summed E-state index contributed by atoms with van der Waals surface area (Å²) in [7, 11) is 0. The molecule has 8 heteroatoms. The van der Waals surface area contributed by atoms with Gasteiger partial charge in [0.1, 0.15) is 5.03 Å². The first-order valence-electron chi connectivity index (χ1n) is 7.50. The molecule has 0 fully saturated rings. The van der Waals surface area contributed by atoms with Crippen molar-refractivity contribution in [1.82, 2.24) is 9.97 Å². The minimum absolute atomic E-state index is 0. The van der Waals surface area contributed by atoms with Gasteiger partial charge in [0.2, 0.25) is 5.95 Å². The molecule has 2 aromatic heterocycles. The van der Waals surface area contributed by atoms with Gasteiger partial charge in [0, 0.05) is 35.5 Å². The van der Waals surface area contributed by atoms with Crippen LogP contribution >= 0.6 is 35.8 Å². The Morgan fingerprint density at radius 2 is 1.96 bits per heavy atom. The van der Waals surface area contributed by atoms with Gasteiger partial charge in [-0.05, 0) is 34.9 Å². The largest absolute Gasteiger partial charge is 0.392 e. The van der Waals surface area contributed by atoms with Crippen molar-refractivity contribution in [3.05, 3.63) is 70.9 Å². The van der Waals surface area contributed by atoms with Crippen molar-refractivity contribution in [2.24, 2.45) is 5.73 Å². The molecule has 0 saturated heterocycles. The number of aliphatic hydroxyl groups is 1. The summed E-state index contributed by atoms with van der Waals surface area (Å²) < 4.78 is 13.5. The predicted molar refractivity (Wildman–Crippen MR) is 104 cm³/mol. The van der Waals surface area contributed by atoms with Crippen molar-refractivity contribution in [3.8, 4) is 11.1 Å². The summed E-state index contributed by atoms with van der Waals surface area (Å²) in [5.41, 5.74) is 8.92. The van der Waals surface area contributed by atoms with Crippen LogP contribution in [0.5, 0.6) is 0 Å². The number of aromatic nitrogens is 2. The third kappa shape index (κ3) is 4.34. The first kappa shape index (κ1) is 20.6. The number of benzene rings is 1. The maximum absolute atomic E-state index is 13.5. The number of aliphatic hydroxyl groups excluding tert-OH is 1. The summed E-state index contributed by atoms with van der Waals surface area (Å²) in [5.74, 6) is -0.558. The number of halogens is 3. The van der Waals surface area contributed by atoms with Crippen LogP contribution in [0.4, 0.5) is 4.39 Å². The van der Waals surface area contributed by atoms with Gasteiger partial charge in [-0.3, -0.25) is 0 Å². The van der Waals surface area contributed by atoms with Crippen LogP contribution in [0.3, 0.4) is 0 Å². The van der Waals surface area contributed by atoms with Crippen LogP contribution in [0, 0.1) is 5.95 Å². The highest BCUT2D eigenvalue weighted by molar-refractivity contribution is 7.99. The monoisotopic (exact) mass is 411 g/mol. The molecule has 0 saturated carbocycles. The van der Waals surface area contributed by atoms with Gasteiger partial charge in [-0.1, -0.05) is 35.5 Å². The SMILES string of the molecule is Cl.NCc1c(-c2ccnc(F)c2)ccc(Cl)c1Sc1ncccc1CO. The maximum atomic E-state index is 13.5. The lowest BCUT2D eigenvalue weighted by molar-refractivity contribution is 0.278. The lowest BCUT2D eigenvalue weighted by Gasteiger charge is -2.16. The molecule has 136 valence electrons. The van der Waals surface area contributed by atoms with E-state index < -0.39 is 5.95 Å². The van der Waals surface area contributed by atoms with E-state index >= 15 is 0 Å². The molecule has 0 aliphatic rings. The number of nitrogens with two attached hydrogens (primary N) is 1. The summed E-state index contributed by atoms with van der Waals surface area (Å²) in [6.45, 7) is 0.102. The fourth-order valence-electron chi connectivity index (χ4n) is 2.49. The van der Waals surface area contributed by atoms with E-state index in [1.807, 2.05) is 6.07 Å². The molecule has 4 nitrogen and oxygen atoms in total. The van der Waals surface area contributed by atoms with E-state index in [2.05, 4.69) is 9.97 Å². The molecule has 0 aliphatic carbocycles. The zero-order chi connectivity index (χ0) is 17.8. The smallest absolute Gasteiger partial charge is 0.213 e. The topological polar surface area (TPSA) is 72.0 Å². The van der Waals surface area contributed by atoms with E-state index in [9.17, 15) is 9.50 Å². The second-order valence-corrected chi connectivity index (χ2v) is 6.61. The highest BCUT2D eigenvalue weighted by Gasteiger charge is 2.16. The Hall–Kier alpha value is -1.70. The van der Waals surface area contributed by atoms with Gasteiger partial charge >= 0.3 is 0 Å². The Bertz CT molecular complexity index is 911. The molecule has 3 N–H and O–H groups in total. The van der Waals surface area contributed by atoms with E-state index in [4.69, 9.17) is 17.3 Å². The van der Waals surface area contributed by atoms with Crippen molar-refractivity contribution in [3.63, 3.8) is 0 Å². The Morgan fingerprint density at radius 1 is 1.15 bits per heavy atom. The Kier molecular flexibility index (Phi) is 7.37. The molecule has 26 heavy (non-hydrogen) atoms. The molecule has 0 unspecified atom stereocenters. The quantitative estimate of drug-likeness (QED) is 0.606. The fourth-order valence-corrected chi connectivity index (χ4v) is 3.83. The van der Waals surface area contributed by atoms with E-state index in [1.54, 1.807) is 30.5 Å². The second kappa shape index (κ2) is 9.30. The van der Waals surface area contributed by atoms with Crippen LogP contribution in [0.15, 0.2) is 58.7 Å². The van der Waals surface area contributed by atoms with Crippen LogP contribution < -0.4 is 5.73 Å². The van der Waals surface area contributed by atoms with Crippen LogP contribution in [-0.2, 0) is 13.2 Å². The Morgan fingerprint density at radius 3 is 2.65 bits per heavy atom. The molecule has 0 amide bonds. The highest BCUT2D eigenvalue weighted by Crippen LogP contribution is 2.40. The Labute approximate surface area is 166 Å². The average molecular weight is 412 g/mol. The zero-order valence-corrected chi connectivity index (χ0v) is 15.9. The molecule has 3 rings (SSSR count). The number of rotatable bonds is 5. The van der Waals surface area contributed by atoms with Crippen LogP contribution in [0.25, 0.3) is 11.1 Å². The van der Waals surface area contributed by atoms with Gasteiger partial charge < -0.3 is 10.8 Å². The Balaban J connectivity index is 0.00000243. The minimum Gasteiger partial charge on any atom is -0.392 e. The lowest BCUT2D eigenvalue weighted by Crippen LogP contribution is -2.03. The second-order valence-electron chi connectivity index (χ2n) is 5.20. The van der Waals surface area contributed by atoms with Gasteiger partial charge in [0.25, 0.3) is 0 Å². The van der Waals surface area contributed by atoms with Crippen molar-refractivity contribution in [2.45, 2.75) is 23.1 Å². The zero-order valence-electron chi connectivity index (χ0n) is 13.5. The first-order valence-corrected chi connectivity index (χ1v) is 8.69. The summed E-state index contributed by atoms with van der Waals surface area (Å²) in [5, 5.41) is 10.7. The van der Waals surface area contributed by atoms with Crippen molar-refractivity contribution in [2.75, 3.05) is 0 Å². The summed E-state index contributed by atoms with van der Waals surface area (Å²) in [4.78, 5) is 8.64. The van der Waals surface area contributed by atoms with Crippen LogP contribution in [0.1, 0.15) is 11.1 Å². The first-order chi connectivity index (χ1) is 12.1. The molecular weight excluding hydrogens is 396 g/mol. The summed E-state index contributed by atoms with van der Waals surface area (Å²) in [6.07, 6.45) is 3.06. The fraction of sp³-hybridized carbons (Fsp3) is 0.111. The van der Waals surface area contributed by atoms with E-state index in [-0.39, 0.29) is 25.6 Å². The molecule has 0 aliphatic heterocycles. The standard InChI is InChI=1S/C18H15ClFN3OS.ClH/c19-15-4-3-13(11-5-7-22-16(20)8-11)14(9-21)17(15)25-18-12(10-24)2-1-6-23-18;/h1-8,24H,9-10,21H2;1H. The van der Waals surface area contributed by atoms with E-state index in [0.717, 1.165) is 16.0 Å². The lowest BCUT2D eigenvalue weighted by atomic mass is 10.0. The average Bonchev–Trinajstić information content (AvgIpc) is 2.63. The predicted octanol–water partition coefficient (Wildman–Crippen LogP) is 4.46. The van der Waals surface area contributed by atoms with Crippen LogP contribution in [-0.4, -0.2) is 15.1 Å². The third-order valence-corrected chi connectivity index (χ3v) is 5.33. The van der Waals surface area contributed by atoms with E-state index in [1.165, 1.54) is 24.0 Å². The van der Waals surface area contributed by atoms with Gasteiger partial charge in [-0.25, -0.2) is 9.97 Å². The molecule has 0 bridgehead atoms.